The van der Waals surface area contributed by atoms with Crippen LogP contribution in [0.1, 0.15) is 13.3 Å². The van der Waals surface area contributed by atoms with E-state index in [4.69, 9.17) is 23.2 Å². The molecule has 9 heavy (non-hydrogen) atoms. The molecule has 0 aliphatic heterocycles. The summed E-state index contributed by atoms with van der Waals surface area (Å²) in [6.45, 7) is 1.47. The average Bonchev–Trinajstić information content (AvgIpc) is 2.08. The van der Waals surface area contributed by atoms with Crippen molar-refractivity contribution in [3.8, 4) is 0 Å². The summed E-state index contributed by atoms with van der Waals surface area (Å²) in [5.74, 6) is -1.17. The fourth-order valence-corrected chi connectivity index (χ4v) is 1.31. The Morgan fingerprint density at radius 2 is 2.00 bits per heavy atom. The summed E-state index contributed by atoms with van der Waals surface area (Å²) in [6.07, 6.45) is 0.283. The molecule has 1 saturated carbocycles. The maximum absolute atomic E-state index is 10.2. The number of carbonyl (C=O) groups is 1. The number of carboxylic acids is 1. The topological polar surface area (TPSA) is 40.1 Å². The van der Waals surface area contributed by atoms with Crippen molar-refractivity contribution in [3.05, 3.63) is 0 Å². The SMILES string of the molecule is C[C@]1(C(=O)[O-])CC1(Cl)Cl. The largest absolute Gasteiger partial charge is 0.549 e. The Hall–Kier alpha value is 0.0500. The highest BCUT2D eigenvalue weighted by atomic mass is 35.5. The predicted octanol–water partition coefficient (Wildman–Crippen LogP) is 0.320. The van der Waals surface area contributed by atoms with Crippen molar-refractivity contribution in [2.75, 3.05) is 0 Å². The minimum absolute atomic E-state index is 0.283. The third-order valence-corrected chi connectivity index (χ3v) is 2.81. The molecule has 2 nitrogen and oxygen atoms in total. The van der Waals surface area contributed by atoms with E-state index in [1.54, 1.807) is 0 Å². The molecule has 1 rings (SSSR count). The molecular weight excluding hydrogens is 163 g/mol. The summed E-state index contributed by atoms with van der Waals surface area (Å²) < 4.78 is -1.09. The molecule has 0 spiro atoms. The Labute approximate surface area is 62.8 Å². The van der Waals surface area contributed by atoms with Gasteiger partial charge in [0.1, 0.15) is 4.33 Å². The molecule has 0 aromatic rings. The number of carbonyl (C=O) groups excluding carboxylic acids is 1. The van der Waals surface area contributed by atoms with Gasteiger partial charge in [0.05, 0.1) is 5.97 Å². The second-order valence-electron chi connectivity index (χ2n) is 2.50. The number of aliphatic carboxylic acids is 1. The Kier molecular flexibility index (Phi) is 1.24. The number of hydrogen-bond donors (Lipinski definition) is 0. The van der Waals surface area contributed by atoms with E-state index in [1.165, 1.54) is 6.92 Å². The standard InChI is InChI=1S/C5H6Cl2O2/c1-4(3(8)9)2-5(4,6)7/h2H2,1H3,(H,8,9)/p-1/t4-/m1/s1. The normalized spacial score (nSPS) is 38.1. The van der Waals surface area contributed by atoms with Crippen LogP contribution in [0.4, 0.5) is 0 Å². The van der Waals surface area contributed by atoms with Gasteiger partial charge in [0.15, 0.2) is 0 Å². The van der Waals surface area contributed by atoms with Crippen molar-refractivity contribution in [1.29, 1.82) is 0 Å². The first-order valence-electron chi connectivity index (χ1n) is 2.49. The zero-order valence-electron chi connectivity index (χ0n) is 4.78. The zero-order chi connectivity index (χ0) is 7.28. The second-order valence-corrected chi connectivity index (χ2v) is 3.98. The van der Waals surface area contributed by atoms with Crippen LogP contribution in [0.2, 0.25) is 0 Å². The molecule has 0 aromatic carbocycles. The van der Waals surface area contributed by atoms with Gasteiger partial charge in [-0.3, -0.25) is 0 Å². The number of rotatable bonds is 1. The molecule has 1 aliphatic rings. The first kappa shape index (κ1) is 7.16. The van der Waals surface area contributed by atoms with E-state index in [0.29, 0.717) is 0 Å². The Bertz CT molecular complexity index is 166. The molecule has 0 unspecified atom stereocenters. The molecule has 1 aliphatic carbocycles. The molecule has 0 radical (unpaired) electrons. The average molecular weight is 168 g/mol. The fourth-order valence-electron chi connectivity index (χ4n) is 0.621. The van der Waals surface area contributed by atoms with Gasteiger partial charge in [-0.2, -0.15) is 0 Å². The van der Waals surface area contributed by atoms with Crippen molar-refractivity contribution < 1.29 is 9.90 Å². The van der Waals surface area contributed by atoms with E-state index in [2.05, 4.69) is 0 Å². The summed E-state index contributed by atoms with van der Waals surface area (Å²) in [7, 11) is 0. The van der Waals surface area contributed by atoms with Gasteiger partial charge >= 0.3 is 0 Å². The number of halogens is 2. The first-order chi connectivity index (χ1) is 3.90. The first-order valence-corrected chi connectivity index (χ1v) is 3.25. The smallest absolute Gasteiger partial charge is 0.129 e. The lowest BCUT2D eigenvalue weighted by Crippen LogP contribution is -2.33. The van der Waals surface area contributed by atoms with Crippen molar-refractivity contribution in [2.45, 2.75) is 17.7 Å². The predicted molar refractivity (Wildman–Crippen MR) is 32.2 cm³/mol. The Morgan fingerprint density at radius 1 is 1.67 bits per heavy atom. The molecule has 52 valence electrons. The van der Waals surface area contributed by atoms with Gasteiger partial charge < -0.3 is 9.90 Å². The maximum Gasteiger partial charge on any atom is 0.129 e. The van der Waals surface area contributed by atoms with Crippen LogP contribution in [-0.2, 0) is 4.79 Å². The quantitative estimate of drug-likeness (QED) is 0.529. The molecule has 0 bridgehead atoms. The van der Waals surface area contributed by atoms with Gasteiger partial charge in [-0.05, 0) is 6.42 Å². The summed E-state index contributed by atoms with van der Waals surface area (Å²) >= 11 is 11.0. The van der Waals surface area contributed by atoms with E-state index in [1.807, 2.05) is 0 Å². The lowest BCUT2D eigenvalue weighted by atomic mass is 10.1. The zero-order valence-corrected chi connectivity index (χ0v) is 6.29. The van der Waals surface area contributed by atoms with Crippen molar-refractivity contribution >= 4 is 29.2 Å². The summed E-state index contributed by atoms with van der Waals surface area (Å²) in [5, 5.41) is 10.2. The Morgan fingerprint density at radius 3 is 2.00 bits per heavy atom. The molecule has 0 amide bonds. The summed E-state index contributed by atoms with van der Waals surface area (Å²) in [5.41, 5.74) is -1.02. The molecular formula is C5H5Cl2O2-. The van der Waals surface area contributed by atoms with E-state index in [0.717, 1.165) is 0 Å². The lowest BCUT2D eigenvalue weighted by Gasteiger charge is -2.11. The van der Waals surface area contributed by atoms with Crippen LogP contribution in [0, 0.1) is 5.41 Å². The van der Waals surface area contributed by atoms with Crippen LogP contribution in [0.5, 0.6) is 0 Å². The van der Waals surface area contributed by atoms with Crippen LogP contribution in [0.15, 0.2) is 0 Å². The van der Waals surface area contributed by atoms with Gasteiger partial charge in [0.2, 0.25) is 0 Å². The van der Waals surface area contributed by atoms with Gasteiger partial charge in [-0.25, -0.2) is 0 Å². The second kappa shape index (κ2) is 1.55. The Balaban J connectivity index is 2.74. The van der Waals surface area contributed by atoms with Gasteiger partial charge in [0, 0.05) is 5.41 Å². The molecule has 0 N–H and O–H groups in total. The summed E-state index contributed by atoms with van der Waals surface area (Å²) in [4.78, 5) is 10.2. The number of carboxylic acid groups (broad SMARTS) is 1. The minimum atomic E-state index is -1.17. The van der Waals surface area contributed by atoms with Gasteiger partial charge in [-0.15, -0.1) is 23.2 Å². The maximum atomic E-state index is 10.2. The van der Waals surface area contributed by atoms with Crippen LogP contribution in [0.25, 0.3) is 0 Å². The molecule has 0 heterocycles. The van der Waals surface area contributed by atoms with Crippen LogP contribution in [0.3, 0.4) is 0 Å². The monoisotopic (exact) mass is 167 g/mol. The molecule has 1 atom stereocenters. The van der Waals surface area contributed by atoms with E-state index in [9.17, 15) is 9.90 Å². The highest BCUT2D eigenvalue weighted by Gasteiger charge is 2.64. The van der Waals surface area contributed by atoms with Crippen LogP contribution in [-0.4, -0.2) is 10.3 Å². The summed E-state index contributed by atoms with van der Waals surface area (Å²) in [6, 6.07) is 0. The molecule has 4 heteroatoms. The third kappa shape index (κ3) is 0.812. The third-order valence-electron chi connectivity index (χ3n) is 1.71. The molecule has 1 fully saturated rings. The van der Waals surface area contributed by atoms with Crippen molar-refractivity contribution in [3.63, 3.8) is 0 Å². The van der Waals surface area contributed by atoms with Crippen LogP contribution >= 0.6 is 23.2 Å². The van der Waals surface area contributed by atoms with Crippen molar-refractivity contribution in [1.82, 2.24) is 0 Å². The van der Waals surface area contributed by atoms with E-state index in [-0.39, 0.29) is 6.42 Å². The van der Waals surface area contributed by atoms with Crippen LogP contribution < -0.4 is 5.11 Å². The highest BCUT2D eigenvalue weighted by molar-refractivity contribution is 6.52. The van der Waals surface area contributed by atoms with E-state index >= 15 is 0 Å². The molecule has 0 aromatic heterocycles. The lowest BCUT2D eigenvalue weighted by molar-refractivity contribution is -0.313. The van der Waals surface area contributed by atoms with Gasteiger partial charge in [-0.1, -0.05) is 6.92 Å². The highest BCUT2D eigenvalue weighted by Crippen LogP contribution is 2.63. The fraction of sp³-hybridized carbons (Fsp3) is 0.800. The van der Waals surface area contributed by atoms with Gasteiger partial charge in [0.25, 0.3) is 0 Å². The van der Waals surface area contributed by atoms with Crippen molar-refractivity contribution in [2.24, 2.45) is 5.41 Å². The number of hydrogen-bond acceptors (Lipinski definition) is 2. The number of alkyl halides is 2. The minimum Gasteiger partial charge on any atom is -0.549 e. The molecule has 0 saturated heterocycles. The van der Waals surface area contributed by atoms with E-state index < -0.39 is 15.7 Å².